The maximum atomic E-state index is 12.5. The van der Waals surface area contributed by atoms with Gasteiger partial charge in [-0.1, -0.05) is 6.07 Å². The highest BCUT2D eigenvalue weighted by molar-refractivity contribution is 5.93. The molecule has 2 aliphatic rings. The minimum absolute atomic E-state index is 0.0496. The number of piperidine rings is 1. The van der Waals surface area contributed by atoms with Gasteiger partial charge in [0.05, 0.1) is 18.4 Å². The zero-order chi connectivity index (χ0) is 16.9. The Morgan fingerprint density at radius 2 is 2.25 bits per heavy atom. The van der Waals surface area contributed by atoms with Crippen molar-refractivity contribution in [2.75, 3.05) is 25.0 Å². The molecule has 2 aliphatic heterocycles. The number of amides is 2. The molecule has 0 saturated carbocycles. The van der Waals surface area contributed by atoms with Gasteiger partial charge in [0.1, 0.15) is 5.82 Å². The molecule has 130 valence electrons. The van der Waals surface area contributed by atoms with Crippen molar-refractivity contribution in [3.05, 3.63) is 23.9 Å². The molecule has 6 nitrogen and oxygen atoms in total. The van der Waals surface area contributed by atoms with Crippen molar-refractivity contribution in [2.24, 2.45) is 5.92 Å². The van der Waals surface area contributed by atoms with Crippen LogP contribution in [0.4, 0.5) is 5.82 Å². The third-order valence-corrected chi connectivity index (χ3v) is 4.82. The zero-order valence-corrected chi connectivity index (χ0v) is 14.2. The van der Waals surface area contributed by atoms with Gasteiger partial charge in [0, 0.05) is 25.9 Å². The molecular weight excluding hydrogens is 306 g/mol. The molecular formula is C18H25N3O3. The normalized spacial score (nSPS) is 24.0. The van der Waals surface area contributed by atoms with Crippen LogP contribution in [0.3, 0.4) is 0 Å². The van der Waals surface area contributed by atoms with Crippen LogP contribution in [-0.2, 0) is 14.3 Å². The molecule has 0 unspecified atom stereocenters. The fourth-order valence-corrected chi connectivity index (χ4v) is 3.38. The topological polar surface area (TPSA) is 71.5 Å². The number of anilines is 1. The van der Waals surface area contributed by atoms with E-state index in [1.165, 1.54) is 0 Å². The summed E-state index contributed by atoms with van der Waals surface area (Å²) < 4.78 is 5.55. The zero-order valence-electron chi connectivity index (χ0n) is 14.2. The van der Waals surface area contributed by atoms with Crippen LogP contribution in [0, 0.1) is 12.8 Å². The fraction of sp³-hybridized carbons (Fsp3) is 0.611. The van der Waals surface area contributed by atoms with Crippen molar-refractivity contribution in [3.8, 4) is 0 Å². The van der Waals surface area contributed by atoms with Crippen molar-refractivity contribution in [1.82, 2.24) is 9.88 Å². The number of carbonyl (C=O) groups is 2. The lowest BCUT2D eigenvalue weighted by Crippen LogP contribution is -2.44. The summed E-state index contributed by atoms with van der Waals surface area (Å²) in [4.78, 5) is 31.0. The number of hydrogen-bond acceptors (Lipinski definition) is 4. The number of hydrogen-bond donors (Lipinski definition) is 1. The van der Waals surface area contributed by atoms with E-state index < -0.39 is 0 Å². The molecule has 1 aromatic heterocycles. The van der Waals surface area contributed by atoms with E-state index in [0.717, 1.165) is 44.4 Å². The quantitative estimate of drug-likeness (QED) is 0.917. The monoisotopic (exact) mass is 331 g/mol. The molecule has 0 bridgehead atoms. The Morgan fingerprint density at radius 3 is 3.00 bits per heavy atom. The second-order valence-corrected chi connectivity index (χ2v) is 6.68. The maximum Gasteiger partial charge on any atom is 0.230 e. The summed E-state index contributed by atoms with van der Waals surface area (Å²) in [5.41, 5.74) is 0.938. The van der Waals surface area contributed by atoms with Gasteiger partial charge in [-0.3, -0.25) is 9.59 Å². The SMILES string of the molecule is Cc1cccnc1NC(=O)[C@@H]1CCCN(C(=O)C[C@H]2CCCO2)C1. The van der Waals surface area contributed by atoms with Crippen LogP contribution in [0.15, 0.2) is 18.3 Å². The number of aromatic nitrogens is 1. The maximum absolute atomic E-state index is 12.5. The molecule has 24 heavy (non-hydrogen) atoms. The van der Waals surface area contributed by atoms with Crippen LogP contribution in [0.5, 0.6) is 0 Å². The smallest absolute Gasteiger partial charge is 0.230 e. The van der Waals surface area contributed by atoms with E-state index in [4.69, 9.17) is 4.74 Å². The number of pyridine rings is 1. The summed E-state index contributed by atoms with van der Waals surface area (Å²) in [6, 6.07) is 3.76. The lowest BCUT2D eigenvalue weighted by Gasteiger charge is -2.32. The molecule has 0 radical (unpaired) electrons. The second-order valence-electron chi connectivity index (χ2n) is 6.68. The predicted molar refractivity (Wildman–Crippen MR) is 90.5 cm³/mol. The Kier molecular flexibility index (Phi) is 5.45. The molecule has 6 heteroatoms. The summed E-state index contributed by atoms with van der Waals surface area (Å²) >= 11 is 0. The van der Waals surface area contributed by atoms with Gasteiger partial charge in [0.15, 0.2) is 0 Å². The number of nitrogens with one attached hydrogen (secondary N) is 1. The highest BCUT2D eigenvalue weighted by Crippen LogP contribution is 2.22. The Balaban J connectivity index is 1.55. The Bertz CT molecular complexity index is 599. The lowest BCUT2D eigenvalue weighted by atomic mass is 9.96. The van der Waals surface area contributed by atoms with Gasteiger partial charge in [0.25, 0.3) is 0 Å². The molecule has 1 aromatic rings. The van der Waals surface area contributed by atoms with Crippen molar-refractivity contribution >= 4 is 17.6 Å². The van der Waals surface area contributed by atoms with Gasteiger partial charge in [-0.25, -0.2) is 4.98 Å². The Morgan fingerprint density at radius 1 is 1.38 bits per heavy atom. The largest absolute Gasteiger partial charge is 0.378 e. The van der Waals surface area contributed by atoms with Gasteiger partial charge >= 0.3 is 0 Å². The van der Waals surface area contributed by atoms with E-state index in [-0.39, 0.29) is 23.8 Å². The van der Waals surface area contributed by atoms with E-state index in [1.54, 1.807) is 6.20 Å². The molecule has 3 rings (SSSR count). The fourth-order valence-electron chi connectivity index (χ4n) is 3.38. The Labute approximate surface area is 142 Å². The molecule has 0 aromatic carbocycles. The van der Waals surface area contributed by atoms with E-state index in [1.807, 2.05) is 24.0 Å². The number of carbonyl (C=O) groups excluding carboxylic acids is 2. The number of rotatable bonds is 4. The van der Waals surface area contributed by atoms with Crippen molar-refractivity contribution in [2.45, 2.75) is 45.1 Å². The van der Waals surface area contributed by atoms with Crippen LogP contribution in [0.2, 0.25) is 0 Å². The molecule has 2 atom stereocenters. The average Bonchev–Trinajstić information content (AvgIpc) is 3.10. The first-order valence-corrected chi connectivity index (χ1v) is 8.75. The highest BCUT2D eigenvalue weighted by Gasteiger charge is 2.30. The van der Waals surface area contributed by atoms with E-state index in [2.05, 4.69) is 10.3 Å². The Hall–Kier alpha value is -1.95. The third kappa shape index (κ3) is 4.12. The molecule has 1 N–H and O–H groups in total. The lowest BCUT2D eigenvalue weighted by molar-refractivity contribution is -0.136. The molecule has 2 saturated heterocycles. The molecule has 0 aliphatic carbocycles. The van der Waals surface area contributed by atoms with E-state index in [9.17, 15) is 9.59 Å². The first-order valence-electron chi connectivity index (χ1n) is 8.75. The highest BCUT2D eigenvalue weighted by atomic mass is 16.5. The molecule has 2 fully saturated rings. The number of aryl methyl sites for hydroxylation is 1. The number of likely N-dealkylation sites (tertiary alicyclic amines) is 1. The van der Waals surface area contributed by atoms with Crippen LogP contribution >= 0.6 is 0 Å². The first kappa shape index (κ1) is 16.9. The van der Waals surface area contributed by atoms with Gasteiger partial charge < -0.3 is 15.0 Å². The minimum atomic E-state index is -0.173. The standard InChI is InChI=1S/C18H25N3O3/c1-13-5-2-8-19-17(13)20-18(23)14-6-3-9-21(12-14)16(22)11-15-7-4-10-24-15/h2,5,8,14-15H,3-4,6-7,9-12H2,1H3,(H,19,20,23)/t14-,15-/m1/s1. The summed E-state index contributed by atoms with van der Waals surface area (Å²) in [6.45, 7) is 3.90. The summed E-state index contributed by atoms with van der Waals surface area (Å²) in [5, 5.41) is 2.90. The van der Waals surface area contributed by atoms with Gasteiger partial charge in [0.2, 0.25) is 11.8 Å². The average molecular weight is 331 g/mol. The van der Waals surface area contributed by atoms with Crippen molar-refractivity contribution in [3.63, 3.8) is 0 Å². The van der Waals surface area contributed by atoms with Gasteiger partial charge in [-0.05, 0) is 44.2 Å². The first-order chi connectivity index (χ1) is 11.6. The summed E-state index contributed by atoms with van der Waals surface area (Å²) in [5.74, 6) is 0.485. The number of nitrogens with zero attached hydrogens (tertiary/aromatic N) is 2. The van der Waals surface area contributed by atoms with E-state index in [0.29, 0.717) is 18.8 Å². The summed E-state index contributed by atoms with van der Waals surface area (Å²) in [6.07, 6.45) is 5.82. The van der Waals surface area contributed by atoms with Crippen LogP contribution in [-0.4, -0.2) is 47.5 Å². The second kappa shape index (κ2) is 7.75. The minimum Gasteiger partial charge on any atom is -0.378 e. The van der Waals surface area contributed by atoms with E-state index >= 15 is 0 Å². The van der Waals surface area contributed by atoms with Gasteiger partial charge in [-0.15, -0.1) is 0 Å². The molecule has 3 heterocycles. The third-order valence-electron chi connectivity index (χ3n) is 4.82. The molecule has 0 spiro atoms. The number of ether oxygens (including phenoxy) is 1. The van der Waals surface area contributed by atoms with Gasteiger partial charge in [-0.2, -0.15) is 0 Å². The van der Waals surface area contributed by atoms with Crippen LogP contribution in [0.1, 0.15) is 37.7 Å². The van der Waals surface area contributed by atoms with Crippen LogP contribution < -0.4 is 5.32 Å². The van der Waals surface area contributed by atoms with Crippen LogP contribution in [0.25, 0.3) is 0 Å². The van der Waals surface area contributed by atoms with Crippen molar-refractivity contribution in [1.29, 1.82) is 0 Å². The molecule has 2 amide bonds. The summed E-state index contributed by atoms with van der Waals surface area (Å²) in [7, 11) is 0. The van der Waals surface area contributed by atoms with Crippen molar-refractivity contribution < 1.29 is 14.3 Å². The predicted octanol–water partition coefficient (Wildman–Crippen LogP) is 2.14.